The van der Waals surface area contributed by atoms with E-state index in [4.69, 9.17) is 4.74 Å². The van der Waals surface area contributed by atoms with Crippen molar-refractivity contribution in [1.29, 1.82) is 0 Å². The molecule has 4 nitrogen and oxygen atoms in total. The van der Waals surface area contributed by atoms with Gasteiger partial charge in [-0.25, -0.2) is 4.98 Å². The molecule has 0 aliphatic rings. The minimum Gasteiger partial charge on any atom is -0.439 e. The van der Waals surface area contributed by atoms with E-state index in [2.05, 4.69) is 37.5 Å². The van der Waals surface area contributed by atoms with Crippen LogP contribution in [0.5, 0.6) is 11.6 Å². The summed E-state index contributed by atoms with van der Waals surface area (Å²) in [6.07, 6.45) is 3.26. The fraction of sp³-hybridized carbons (Fsp3) is 0. The minimum atomic E-state index is 0.518. The standard InChI is InChI=1S/C13H8IN3O/c14-9-1-3-10(4-2-9)18-12-6-5-11-13(17-12)16-8-7-15-11/h1-8H. The fourth-order valence-electron chi connectivity index (χ4n) is 1.52. The average Bonchev–Trinajstić information content (AvgIpc) is 2.41. The molecule has 0 bridgehead atoms. The Labute approximate surface area is 117 Å². The molecule has 3 aromatic rings. The first-order valence-electron chi connectivity index (χ1n) is 5.32. The highest BCUT2D eigenvalue weighted by atomic mass is 127. The Kier molecular flexibility index (Phi) is 3.06. The van der Waals surface area contributed by atoms with E-state index < -0.39 is 0 Å². The van der Waals surface area contributed by atoms with Gasteiger partial charge in [0.15, 0.2) is 5.65 Å². The van der Waals surface area contributed by atoms with Crippen LogP contribution in [0.4, 0.5) is 0 Å². The molecule has 0 spiro atoms. The quantitative estimate of drug-likeness (QED) is 0.666. The Morgan fingerprint density at radius 3 is 2.50 bits per heavy atom. The number of rotatable bonds is 2. The third kappa shape index (κ3) is 2.40. The van der Waals surface area contributed by atoms with Crippen LogP contribution in [-0.4, -0.2) is 15.0 Å². The first-order valence-corrected chi connectivity index (χ1v) is 6.40. The largest absolute Gasteiger partial charge is 0.439 e. The van der Waals surface area contributed by atoms with Crippen molar-refractivity contribution in [3.8, 4) is 11.6 Å². The van der Waals surface area contributed by atoms with Gasteiger partial charge >= 0.3 is 0 Å². The molecule has 0 fully saturated rings. The molecule has 0 atom stereocenters. The lowest BCUT2D eigenvalue weighted by Gasteiger charge is -2.04. The van der Waals surface area contributed by atoms with E-state index in [-0.39, 0.29) is 0 Å². The predicted molar refractivity (Wildman–Crippen MR) is 76.6 cm³/mol. The number of hydrogen-bond donors (Lipinski definition) is 0. The topological polar surface area (TPSA) is 47.9 Å². The SMILES string of the molecule is Ic1ccc(Oc2ccc3nccnc3n2)cc1. The maximum absolute atomic E-state index is 5.66. The zero-order chi connectivity index (χ0) is 12.4. The van der Waals surface area contributed by atoms with Crippen LogP contribution in [0.3, 0.4) is 0 Å². The molecule has 2 heterocycles. The van der Waals surface area contributed by atoms with Gasteiger partial charge in [0.1, 0.15) is 11.3 Å². The normalized spacial score (nSPS) is 10.5. The molecule has 1 aromatic carbocycles. The minimum absolute atomic E-state index is 0.518. The monoisotopic (exact) mass is 349 g/mol. The van der Waals surface area contributed by atoms with Gasteiger partial charge in [-0.3, -0.25) is 4.98 Å². The van der Waals surface area contributed by atoms with E-state index in [1.807, 2.05) is 30.3 Å². The van der Waals surface area contributed by atoms with Crippen LogP contribution < -0.4 is 4.74 Å². The number of nitrogens with zero attached hydrogens (tertiary/aromatic N) is 3. The van der Waals surface area contributed by atoms with Crippen LogP contribution >= 0.6 is 22.6 Å². The van der Waals surface area contributed by atoms with E-state index in [1.165, 1.54) is 0 Å². The summed E-state index contributed by atoms with van der Waals surface area (Å²) in [5.41, 5.74) is 1.34. The second-order valence-electron chi connectivity index (χ2n) is 3.60. The van der Waals surface area contributed by atoms with Gasteiger partial charge in [-0.1, -0.05) is 0 Å². The molecule has 88 valence electrons. The van der Waals surface area contributed by atoms with E-state index >= 15 is 0 Å². The molecule has 0 saturated carbocycles. The van der Waals surface area contributed by atoms with Gasteiger partial charge in [-0.05, 0) is 52.9 Å². The van der Waals surface area contributed by atoms with E-state index in [9.17, 15) is 0 Å². The number of fused-ring (bicyclic) bond motifs is 1. The Morgan fingerprint density at radius 1 is 0.889 bits per heavy atom. The van der Waals surface area contributed by atoms with Crippen molar-refractivity contribution in [2.24, 2.45) is 0 Å². The highest BCUT2D eigenvalue weighted by molar-refractivity contribution is 14.1. The molecule has 18 heavy (non-hydrogen) atoms. The van der Waals surface area contributed by atoms with Crippen molar-refractivity contribution in [2.75, 3.05) is 0 Å². The first-order chi connectivity index (χ1) is 8.81. The average molecular weight is 349 g/mol. The maximum atomic E-state index is 5.66. The van der Waals surface area contributed by atoms with Crippen molar-refractivity contribution in [3.63, 3.8) is 0 Å². The van der Waals surface area contributed by atoms with Crippen LogP contribution in [0, 0.1) is 3.57 Å². The number of pyridine rings is 1. The maximum Gasteiger partial charge on any atom is 0.221 e. The van der Waals surface area contributed by atoms with Crippen molar-refractivity contribution in [1.82, 2.24) is 15.0 Å². The second kappa shape index (κ2) is 4.85. The molecule has 0 N–H and O–H groups in total. The third-order valence-electron chi connectivity index (χ3n) is 2.34. The highest BCUT2D eigenvalue weighted by Gasteiger charge is 2.02. The van der Waals surface area contributed by atoms with Crippen LogP contribution in [0.1, 0.15) is 0 Å². The molecule has 5 heteroatoms. The molecule has 3 rings (SSSR count). The number of benzene rings is 1. The molecule has 0 aliphatic heterocycles. The van der Waals surface area contributed by atoms with Gasteiger partial charge in [0.25, 0.3) is 0 Å². The van der Waals surface area contributed by atoms with Crippen molar-refractivity contribution < 1.29 is 4.74 Å². The molecule has 0 radical (unpaired) electrons. The summed E-state index contributed by atoms with van der Waals surface area (Å²) in [5.74, 6) is 1.27. The molecular formula is C13H8IN3O. The summed E-state index contributed by atoms with van der Waals surface area (Å²) in [4.78, 5) is 12.6. The lowest BCUT2D eigenvalue weighted by atomic mass is 10.3. The zero-order valence-corrected chi connectivity index (χ0v) is 11.4. The summed E-state index contributed by atoms with van der Waals surface area (Å²) in [7, 11) is 0. The first kappa shape index (κ1) is 11.3. The smallest absolute Gasteiger partial charge is 0.221 e. The Bertz CT molecular complexity index is 685. The van der Waals surface area contributed by atoms with Crippen molar-refractivity contribution >= 4 is 33.8 Å². The highest BCUT2D eigenvalue weighted by Crippen LogP contribution is 2.21. The predicted octanol–water partition coefficient (Wildman–Crippen LogP) is 3.42. The van der Waals surface area contributed by atoms with Gasteiger partial charge in [0.05, 0.1) is 0 Å². The number of halogens is 1. The lowest BCUT2D eigenvalue weighted by Crippen LogP contribution is -1.91. The Morgan fingerprint density at radius 2 is 1.67 bits per heavy atom. The molecule has 0 unspecified atom stereocenters. The summed E-state index contributed by atoms with van der Waals surface area (Å²) in [6.45, 7) is 0. The second-order valence-corrected chi connectivity index (χ2v) is 4.85. The van der Waals surface area contributed by atoms with Gasteiger partial charge in [0.2, 0.25) is 5.88 Å². The number of ether oxygens (including phenoxy) is 1. The van der Waals surface area contributed by atoms with E-state index in [0.29, 0.717) is 11.5 Å². The van der Waals surface area contributed by atoms with Gasteiger partial charge in [0, 0.05) is 22.0 Å². The number of hydrogen-bond acceptors (Lipinski definition) is 4. The summed E-state index contributed by atoms with van der Waals surface area (Å²) in [5, 5.41) is 0. The summed E-state index contributed by atoms with van der Waals surface area (Å²) >= 11 is 2.25. The summed E-state index contributed by atoms with van der Waals surface area (Å²) in [6, 6.07) is 11.4. The third-order valence-corrected chi connectivity index (χ3v) is 3.06. The molecule has 0 aliphatic carbocycles. The zero-order valence-electron chi connectivity index (χ0n) is 9.25. The Balaban J connectivity index is 1.92. The van der Waals surface area contributed by atoms with Gasteiger partial charge in [-0.2, -0.15) is 4.98 Å². The van der Waals surface area contributed by atoms with E-state index in [0.717, 1.165) is 14.8 Å². The lowest BCUT2D eigenvalue weighted by molar-refractivity contribution is 0.464. The Hall–Kier alpha value is -1.76. The van der Waals surface area contributed by atoms with Crippen LogP contribution in [0.25, 0.3) is 11.2 Å². The van der Waals surface area contributed by atoms with Crippen molar-refractivity contribution in [2.45, 2.75) is 0 Å². The van der Waals surface area contributed by atoms with Crippen LogP contribution in [0.2, 0.25) is 0 Å². The number of aromatic nitrogens is 3. The fourth-order valence-corrected chi connectivity index (χ4v) is 1.88. The van der Waals surface area contributed by atoms with Crippen molar-refractivity contribution in [3.05, 3.63) is 52.4 Å². The van der Waals surface area contributed by atoms with Crippen LogP contribution in [-0.2, 0) is 0 Å². The molecule has 0 saturated heterocycles. The summed E-state index contributed by atoms with van der Waals surface area (Å²) < 4.78 is 6.82. The van der Waals surface area contributed by atoms with Gasteiger partial charge in [-0.15, -0.1) is 0 Å². The molecular weight excluding hydrogens is 341 g/mol. The molecule has 2 aromatic heterocycles. The van der Waals surface area contributed by atoms with Gasteiger partial charge < -0.3 is 4.74 Å². The molecule has 0 amide bonds. The van der Waals surface area contributed by atoms with Crippen LogP contribution in [0.15, 0.2) is 48.8 Å². The van der Waals surface area contributed by atoms with E-state index in [1.54, 1.807) is 18.5 Å².